The van der Waals surface area contributed by atoms with Gasteiger partial charge in [0.2, 0.25) is 0 Å². The van der Waals surface area contributed by atoms with Crippen molar-refractivity contribution in [2.24, 2.45) is 0 Å². The Labute approximate surface area is 156 Å². The predicted octanol–water partition coefficient (Wildman–Crippen LogP) is 5.06. The summed E-state index contributed by atoms with van der Waals surface area (Å²) >= 11 is 12.3. The minimum atomic E-state index is -3.90. The molecular formula is C18H14Cl2N2O2S. The Morgan fingerprint density at radius 2 is 1.64 bits per heavy atom. The normalized spacial score (nSPS) is 11.3. The van der Waals surface area contributed by atoms with Crippen LogP contribution < -0.4 is 3.82 Å². The van der Waals surface area contributed by atoms with E-state index in [1.165, 1.54) is 6.07 Å². The Hall–Kier alpha value is -2.08. The van der Waals surface area contributed by atoms with Crippen LogP contribution in [0.25, 0.3) is 11.1 Å². The van der Waals surface area contributed by atoms with E-state index in [0.717, 1.165) is 11.1 Å². The van der Waals surface area contributed by atoms with Crippen molar-refractivity contribution >= 4 is 39.2 Å². The summed E-state index contributed by atoms with van der Waals surface area (Å²) in [4.78, 5) is 4.31. The average Bonchev–Trinajstić information content (AvgIpc) is 2.62. The Morgan fingerprint density at radius 1 is 0.960 bits per heavy atom. The molecule has 2 aromatic carbocycles. The van der Waals surface area contributed by atoms with Gasteiger partial charge in [0.1, 0.15) is 0 Å². The van der Waals surface area contributed by atoms with Crippen LogP contribution in [0.4, 0.5) is 5.82 Å². The van der Waals surface area contributed by atoms with Crippen LogP contribution in [-0.2, 0) is 10.0 Å². The van der Waals surface area contributed by atoms with Crippen LogP contribution in [0.5, 0.6) is 0 Å². The number of halogens is 2. The lowest BCUT2D eigenvalue weighted by Gasteiger charge is -2.17. The molecule has 0 saturated heterocycles. The molecule has 0 spiro atoms. The molecule has 0 radical (unpaired) electrons. The number of aryl methyl sites for hydroxylation is 1. The highest BCUT2D eigenvalue weighted by atomic mass is 35.5. The number of nitrogens with zero attached hydrogens (tertiary/aromatic N) is 2. The van der Waals surface area contributed by atoms with E-state index in [0.29, 0.717) is 14.4 Å². The molecule has 0 aliphatic carbocycles. The fraction of sp³-hybridized carbons (Fsp3) is 0.0556. The maximum absolute atomic E-state index is 12.7. The van der Waals surface area contributed by atoms with Gasteiger partial charge in [-0.3, -0.25) is 0 Å². The number of benzene rings is 2. The molecule has 0 amide bonds. The number of hydrogen-bond donors (Lipinski definition) is 0. The van der Waals surface area contributed by atoms with Gasteiger partial charge in [-0.2, -0.15) is 12.2 Å². The van der Waals surface area contributed by atoms with Gasteiger partial charge >= 0.3 is 0 Å². The van der Waals surface area contributed by atoms with Gasteiger partial charge in [-0.05, 0) is 36.8 Å². The molecule has 0 saturated carbocycles. The van der Waals surface area contributed by atoms with Crippen LogP contribution in [0.15, 0.2) is 71.8 Å². The molecule has 3 aromatic rings. The van der Waals surface area contributed by atoms with Crippen LogP contribution in [-0.4, -0.2) is 13.4 Å². The van der Waals surface area contributed by atoms with Crippen LogP contribution in [0.3, 0.4) is 0 Å². The summed E-state index contributed by atoms with van der Waals surface area (Å²) in [6.07, 6.45) is 1.54. The lowest BCUT2D eigenvalue weighted by Crippen LogP contribution is -2.22. The second kappa shape index (κ2) is 7.04. The van der Waals surface area contributed by atoms with Gasteiger partial charge in [-0.1, -0.05) is 48.0 Å². The van der Waals surface area contributed by atoms with Gasteiger partial charge in [0, 0.05) is 34.1 Å². The standard InChI is InChI=1S/C18H14Cl2N2O2S/c1-13-6-2-5-9-17(13)25(23,24)22(20)18-11-10-14(12-21-18)15-7-3-4-8-16(15)19/h2-12H,1H3. The molecule has 1 heterocycles. The highest BCUT2D eigenvalue weighted by molar-refractivity contribution is 7.94. The lowest BCUT2D eigenvalue weighted by atomic mass is 10.1. The third-order valence-electron chi connectivity index (χ3n) is 3.70. The van der Waals surface area contributed by atoms with Crippen LogP contribution in [0.1, 0.15) is 5.56 Å². The van der Waals surface area contributed by atoms with Crippen LogP contribution >= 0.6 is 23.4 Å². The molecule has 3 rings (SSSR count). The molecule has 0 aliphatic rings. The van der Waals surface area contributed by atoms with E-state index < -0.39 is 10.0 Å². The first kappa shape index (κ1) is 17.7. The maximum Gasteiger partial charge on any atom is 0.279 e. The molecule has 0 fully saturated rings. The van der Waals surface area contributed by atoms with Gasteiger partial charge < -0.3 is 0 Å². The molecular weight excluding hydrogens is 379 g/mol. The highest BCUT2D eigenvalue weighted by Crippen LogP contribution is 2.30. The monoisotopic (exact) mass is 392 g/mol. The van der Waals surface area contributed by atoms with Crippen LogP contribution in [0.2, 0.25) is 5.02 Å². The number of rotatable bonds is 4. The minimum absolute atomic E-state index is 0.112. The zero-order valence-electron chi connectivity index (χ0n) is 13.2. The first-order chi connectivity index (χ1) is 11.9. The second-order valence-electron chi connectivity index (χ2n) is 5.37. The SMILES string of the molecule is Cc1ccccc1S(=O)(=O)N(Cl)c1ccc(-c2ccccc2Cl)cn1. The van der Waals surface area contributed by atoms with E-state index in [2.05, 4.69) is 4.98 Å². The maximum atomic E-state index is 12.7. The first-order valence-electron chi connectivity index (χ1n) is 7.39. The summed E-state index contributed by atoms with van der Waals surface area (Å²) in [6.45, 7) is 1.71. The first-order valence-corrected chi connectivity index (χ1v) is 9.54. The molecule has 0 N–H and O–H groups in total. The highest BCUT2D eigenvalue weighted by Gasteiger charge is 2.26. The van der Waals surface area contributed by atoms with Crippen molar-refractivity contribution in [2.45, 2.75) is 11.8 Å². The molecule has 0 atom stereocenters. The van der Waals surface area contributed by atoms with E-state index in [1.54, 1.807) is 49.5 Å². The number of anilines is 1. The number of hydrogen-bond acceptors (Lipinski definition) is 3. The molecule has 0 aliphatic heterocycles. The van der Waals surface area contributed by atoms with Crippen LogP contribution in [0, 0.1) is 6.92 Å². The summed E-state index contributed by atoms with van der Waals surface area (Å²) in [5, 5.41) is 0.590. The average molecular weight is 393 g/mol. The number of pyridine rings is 1. The fourth-order valence-corrected chi connectivity index (χ4v) is 4.22. The van der Waals surface area contributed by atoms with Gasteiger partial charge in [-0.25, -0.2) is 4.98 Å². The van der Waals surface area contributed by atoms with Crippen molar-refractivity contribution in [3.8, 4) is 11.1 Å². The van der Waals surface area contributed by atoms with E-state index in [-0.39, 0.29) is 10.7 Å². The third kappa shape index (κ3) is 3.49. The topological polar surface area (TPSA) is 50.3 Å². The molecule has 0 bridgehead atoms. The summed E-state index contributed by atoms with van der Waals surface area (Å²) in [5.41, 5.74) is 2.19. The largest absolute Gasteiger partial charge is 0.279 e. The minimum Gasteiger partial charge on any atom is -0.236 e. The fourth-order valence-electron chi connectivity index (χ4n) is 2.40. The van der Waals surface area contributed by atoms with E-state index in [4.69, 9.17) is 23.4 Å². The lowest BCUT2D eigenvalue weighted by molar-refractivity contribution is 0.597. The van der Waals surface area contributed by atoms with E-state index in [1.807, 2.05) is 18.2 Å². The van der Waals surface area contributed by atoms with Gasteiger partial charge in [0.15, 0.2) is 5.82 Å². The summed E-state index contributed by atoms with van der Waals surface area (Å²) in [6, 6.07) is 17.3. The van der Waals surface area contributed by atoms with E-state index in [9.17, 15) is 8.42 Å². The number of aromatic nitrogens is 1. The Kier molecular flexibility index (Phi) is 4.99. The molecule has 4 nitrogen and oxygen atoms in total. The molecule has 1 aromatic heterocycles. The molecule has 128 valence electrons. The van der Waals surface area contributed by atoms with Crippen molar-refractivity contribution < 1.29 is 8.42 Å². The van der Waals surface area contributed by atoms with Crippen molar-refractivity contribution in [3.05, 3.63) is 77.4 Å². The summed E-state index contributed by atoms with van der Waals surface area (Å²) < 4.78 is 26.0. The molecule has 7 heteroatoms. The summed E-state index contributed by atoms with van der Waals surface area (Å²) in [5.74, 6) is 0.112. The Morgan fingerprint density at radius 3 is 2.28 bits per heavy atom. The zero-order valence-corrected chi connectivity index (χ0v) is 15.6. The van der Waals surface area contributed by atoms with Gasteiger partial charge in [-0.15, -0.1) is 0 Å². The van der Waals surface area contributed by atoms with Gasteiger partial charge in [0.25, 0.3) is 10.0 Å². The predicted molar refractivity (Wildman–Crippen MR) is 101 cm³/mol. The zero-order chi connectivity index (χ0) is 18.0. The van der Waals surface area contributed by atoms with Crippen molar-refractivity contribution in [3.63, 3.8) is 0 Å². The molecule has 25 heavy (non-hydrogen) atoms. The molecule has 0 unspecified atom stereocenters. The third-order valence-corrected chi connectivity index (χ3v) is 6.37. The van der Waals surface area contributed by atoms with Crippen molar-refractivity contribution in [1.29, 1.82) is 0 Å². The Balaban J connectivity index is 1.95. The quantitative estimate of drug-likeness (QED) is 0.583. The number of sulfonamides is 1. The van der Waals surface area contributed by atoms with E-state index >= 15 is 0 Å². The van der Waals surface area contributed by atoms with Crippen molar-refractivity contribution in [1.82, 2.24) is 4.98 Å². The smallest absolute Gasteiger partial charge is 0.236 e. The second-order valence-corrected chi connectivity index (χ2v) is 8.07. The van der Waals surface area contributed by atoms with Crippen molar-refractivity contribution in [2.75, 3.05) is 3.82 Å². The summed E-state index contributed by atoms with van der Waals surface area (Å²) in [7, 11) is -3.90. The van der Waals surface area contributed by atoms with Gasteiger partial charge in [0.05, 0.1) is 4.90 Å². The Bertz CT molecular complexity index is 1010.